The van der Waals surface area contributed by atoms with Gasteiger partial charge in [-0.25, -0.2) is 0 Å². The molecule has 1 atom stereocenters. The summed E-state index contributed by atoms with van der Waals surface area (Å²) in [6, 6.07) is 0. The van der Waals surface area contributed by atoms with Crippen LogP contribution in [0.5, 0.6) is 0 Å². The molecular weight excluding hydrogens is 172 g/mol. The van der Waals surface area contributed by atoms with Crippen molar-refractivity contribution < 1.29 is 14.7 Å². The van der Waals surface area contributed by atoms with Crippen molar-refractivity contribution in [1.29, 1.82) is 0 Å². The van der Waals surface area contributed by atoms with Gasteiger partial charge in [0.1, 0.15) is 5.54 Å². The highest BCUT2D eigenvalue weighted by Gasteiger charge is 2.32. The van der Waals surface area contributed by atoms with E-state index in [1.165, 1.54) is 0 Å². The number of carboxylic acids is 1. The first-order chi connectivity index (χ1) is 5.92. The number of rotatable bonds is 6. The number of nitrogens with two attached hydrogens (primary N) is 2. The largest absolute Gasteiger partial charge is 0.480 e. The number of amides is 1. The monoisotopic (exact) mass is 188 g/mol. The quantitative estimate of drug-likeness (QED) is 0.538. The molecule has 76 valence electrons. The van der Waals surface area contributed by atoms with E-state index in [2.05, 4.69) is 0 Å². The molecule has 0 saturated heterocycles. The molecule has 0 aliphatic heterocycles. The second kappa shape index (κ2) is 4.81. The predicted octanol–water partition coefficient (Wildman–Crippen LogP) is -0.166. The van der Waals surface area contributed by atoms with Crippen molar-refractivity contribution in [3.63, 3.8) is 0 Å². The second-order valence-corrected chi connectivity index (χ2v) is 3.18. The van der Waals surface area contributed by atoms with Crippen molar-refractivity contribution in [2.75, 3.05) is 0 Å². The van der Waals surface area contributed by atoms with Crippen molar-refractivity contribution >= 4 is 11.9 Å². The molecule has 0 aromatic carbocycles. The van der Waals surface area contributed by atoms with Crippen LogP contribution < -0.4 is 11.5 Å². The standard InChI is InChI=1S/C8H16N2O3/c1-2-4-8(10,7(12)13)5-3-6(9)11/h2-5,10H2,1H3,(H2,9,11)(H,12,13)/t8-/m0/s1. The van der Waals surface area contributed by atoms with Gasteiger partial charge in [0.25, 0.3) is 0 Å². The van der Waals surface area contributed by atoms with E-state index in [4.69, 9.17) is 16.6 Å². The summed E-state index contributed by atoms with van der Waals surface area (Å²) in [6.45, 7) is 1.84. The molecule has 0 aromatic heterocycles. The summed E-state index contributed by atoms with van der Waals surface area (Å²) in [7, 11) is 0. The lowest BCUT2D eigenvalue weighted by Crippen LogP contribution is -2.48. The van der Waals surface area contributed by atoms with Crippen molar-refractivity contribution in [2.24, 2.45) is 11.5 Å². The summed E-state index contributed by atoms with van der Waals surface area (Å²) in [5.74, 6) is -1.59. The molecule has 0 bridgehead atoms. The molecule has 0 saturated carbocycles. The van der Waals surface area contributed by atoms with Crippen LogP contribution in [-0.4, -0.2) is 22.5 Å². The van der Waals surface area contributed by atoms with Gasteiger partial charge in [0.05, 0.1) is 0 Å². The Kier molecular flexibility index (Phi) is 4.40. The lowest BCUT2D eigenvalue weighted by Gasteiger charge is -2.23. The van der Waals surface area contributed by atoms with Crippen molar-refractivity contribution in [1.82, 2.24) is 0 Å². The smallest absolute Gasteiger partial charge is 0.323 e. The van der Waals surface area contributed by atoms with Crippen LogP contribution in [0.1, 0.15) is 32.6 Å². The third kappa shape index (κ3) is 3.89. The molecule has 0 unspecified atom stereocenters. The Morgan fingerprint density at radius 2 is 1.92 bits per heavy atom. The third-order valence-electron chi connectivity index (χ3n) is 1.94. The molecule has 0 heterocycles. The molecule has 0 aromatic rings. The fourth-order valence-corrected chi connectivity index (χ4v) is 1.13. The van der Waals surface area contributed by atoms with Gasteiger partial charge in [-0.3, -0.25) is 9.59 Å². The van der Waals surface area contributed by atoms with E-state index in [1.54, 1.807) is 0 Å². The van der Waals surface area contributed by atoms with E-state index < -0.39 is 17.4 Å². The van der Waals surface area contributed by atoms with E-state index in [0.717, 1.165) is 0 Å². The van der Waals surface area contributed by atoms with Gasteiger partial charge in [-0.1, -0.05) is 13.3 Å². The van der Waals surface area contributed by atoms with Crippen molar-refractivity contribution in [3.05, 3.63) is 0 Å². The van der Waals surface area contributed by atoms with Crippen LogP contribution in [0.25, 0.3) is 0 Å². The van der Waals surface area contributed by atoms with Crippen LogP contribution in [0.2, 0.25) is 0 Å². The maximum absolute atomic E-state index is 10.7. The van der Waals surface area contributed by atoms with Gasteiger partial charge in [0.2, 0.25) is 5.91 Å². The minimum absolute atomic E-state index is 0.0167. The average molecular weight is 188 g/mol. The molecule has 1 amide bonds. The normalized spacial score (nSPS) is 14.9. The Bertz CT molecular complexity index is 206. The number of aliphatic carboxylic acids is 1. The Labute approximate surface area is 77.1 Å². The SMILES string of the molecule is CCC[C@](N)(CCC(N)=O)C(=O)O. The van der Waals surface area contributed by atoms with Crippen LogP contribution in [0, 0.1) is 0 Å². The van der Waals surface area contributed by atoms with Gasteiger partial charge < -0.3 is 16.6 Å². The summed E-state index contributed by atoms with van der Waals surface area (Å²) >= 11 is 0. The first-order valence-corrected chi connectivity index (χ1v) is 4.23. The molecule has 0 radical (unpaired) electrons. The second-order valence-electron chi connectivity index (χ2n) is 3.18. The summed E-state index contributed by atoms with van der Waals surface area (Å²) in [5.41, 5.74) is 9.20. The number of carbonyl (C=O) groups excluding carboxylic acids is 1. The lowest BCUT2D eigenvalue weighted by atomic mass is 9.89. The molecule has 5 nitrogen and oxygen atoms in total. The van der Waals surface area contributed by atoms with Crippen molar-refractivity contribution in [2.45, 2.75) is 38.1 Å². The molecule has 0 spiro atoms. The molecular formula is C8H16N2O3. The Balaban J connectivity index is 4.24. The summed E-state index contributed by atoms with van der Waals surface area (Å²) in [4.78, 5) is 21.2. The number of hydrogen-bond donors (Lipinski definition) is 3. The summed E-state index contributed by atoms with van der Waals surface area (Å²) in [6.07, 6.45) is 1.14. The van der Waals surface area contributed by atoms with E-state index in [1.807, 2.05) is 6.92 Å². The summed E-state index contributed by atoms with van der Waals surface area (Å²) in [5, 5.41) is 8.80. The molecule has 0 aliphatic carbocycles. The highest BCUT2D eigenvalue weighted by molar-refractivity contribution is 5.80. The highest BCUT2D eigenvalue weighted by atomic mass is 16.4. The minimum atomic E-state index is -1.30. The van der Waals surface area contributed by atoms with E-state index in [-0.39, 0.29) is 12.8 Å². The van der Waals surface area contributed by atoms with Crippen LogP contribution in [0.15, 0.2) is 0 Å². The van der Waals surface area contributed by atoms with Crippen LogP contribution >= 0.6 is 0 Å². The third-order valence-corrected chi connectivity index (χ3v) is 1.94. The maximum Gasteiger partial charge on any atom is 0.323 e. The molecule has 13 heavy (non-hydrogen) atoms. The number of primary amides is 1. The molecule has 0 rings (SSSR count). The number of carboxylic acid groups (broad SMARTS) is 1. The topological polar surface area (TPSA) is 106 Å². The van der Waals surface area contributed by atoms with E-state index in [9.17, 15) is 9.59 Å². The highest BCUT2D eigenvalue weighted by Crippen LogP contribution is 2.16. The lowest BCUT2D eigenvalue weighted by molar-refractivity contribution is -0.144. The van der Waals surface area contributed by atoms with E-state index >= 15 is 0 Å². The van der Waals surface area contributed by atoms with Crippen LogP contribution in [-0.2, 0) is 9.59 Å². The van der Waals surface area contributed by atoms with Gasteiger partial charge in [0.15, 0.2) is 0 Å². The van der Waals surface area contributed by atoms with E-state index in [0.29, 0.717) is 12.8 Å². The van der Waals surface area contributed by atoms with Gasteiger partial charge in [-0.2, -0.15) is 0 Å². The zero-order valence-corrected chi connectivity index (χ0v) is 7.75. The zero-order chi connectivity index (χ0) is 10.5. The predicted molar refractivity (Wildman–Crippen MR) is 47.9 cm³/mol. The van der Waals surface area contributed by atoms with Gasteiger partial charge in [-0.05, 0) is 12.8 Å². The maximum atomic E-state index is 10.7. The fraction of sp³-hybridized carbons (Fsp3) is 0.750. The number of hydrogen-bond acceptors (Lipinski definition) is 3. The van der Waals surface area contributed by atoms with Crippen LogP contribution in [0.3, 0.4) is 0 Å². The molecule has 0 fully saturated rings. The van der Waals surface area contributed by atoms with Crippen molar-refractivity contribution in [3.8, 4) is 0 Å². The molecule has 5 heteroatoms. The first kappa shape index (κ1) is 11.9. The Hall–Kier alpha value is -1.10. The fourth-order valence-electron chi connectivity index (χ4n) is 1.13. The zero-order valence-electron chi connectivity index (χ0n) is 7.75. The Morgan fingerprint density at radius 1 is 1.38 bits per heavy atom. The Morgan fingerprint density at radius 3 is 2.23 bits per heavy atom. The number of carbonyl (C=O) groups is 2. The van der Waals surface area contributed by atoms with Gasteiger partial charge in [0, 0.05) is 6.42 Å². The molecule has 0 aliphatic rings. The average Bonchev–Trinajstić information content (AvgIpc) is 2.01. The van der Waals surface area contributed by atoms with Gasteiger partial charge >= 0.3 is 5.97 Å². The summed E-state index contributed by atoms with van der Waals surface area (Å²) < 4.78 is 0. The van der Waals surface area contributed by atoms with Crippen LogP contribution in [0.4, 0.5) is 0 Å². The van der Waals surface area contributed by atoms with Gasteiger partial charge in [-0.15, -0.1) is 0 Å². The molecule has 5 N–H and O–H groups in total. The minimum Gasteiger partial charge on any atom is -0.480 e. The first-order valence-electron chi connectivity index (χ1n) is 4.23.